The molecular weight excluding hydrogens is 736 g/mol. The number of fused-ring (bicyclic) bond motifs is 5. The molecule has 6 aliphatic rings. The number of aliphatic hydroxyl groups is 2. The van der Waals surface area contributed by atoms with Gasteiger partial charge in [-0.1, -0.05) is 25.5 Å². The predicted octanol–water partition coefficient (Wildman–Crippen LogP) is 5.32. The molecule has 9 atom stereocenters. The first-order valence-corrected chi connectivity index (χ1v) is 20.3. The maximum atomic E-state index is 17.8. The van der Waals surface area contributed by atoms with Crippen LogP contribution in [-0.4, -0.2) is 100 Å². The molecule has 2 N–H and O–H groups in total. The Labute approximate surface area is 331 Å². The van der Waals surface area contributed by atoms with Gasteiger partial charge in [0.2, 0.25) is 11.2 Å². The van der Waals surface area contributed by atoms with Crippen molar-refractivity contribution in [2.24, 2.45) is 28.6 Å². The molecule has 0 amide bonds. The molecular formula is C44H55F2N3O8. The summed E-state index contributed by atoms with van der Waals surface area (Å²) in [7, 11) is 2.00. The van der Waals surface area contributed by atoms with E-state index in [-0.39, 0.29) is 59.2 Å². The summed E-state index contributed by atoms with van der Waals surface area (Å²) in [6.45, 7) is 15.7. The highest BCUT2D eigenvalue weighted by Gasteiger charge is 2.76. The van der Waals surface area contributed by atoms with Crippen LogP contribution in [0.2, 0.25) is 0 Å². The largest absolute Gasteiger partial charge is 0.487 e. The van der Waals surface area contributed by atoms with Crippen molar-refractivity contribution < 1.29 is 42.9 Å². The second-order valence-electron chi connectivity index (χ2n) is 18.8. The number of hydrogen-bond acceptors (Lipinski definition) is 10. The van der Waals surface area contributed by atoms with Crippen LogP contribution >= 0.6 is 0 Å². The number of piperazine rings is 1. The first-order chi connectivity index (χ1) is 26.6. The van der Waals surface area contributed by atoms with Gasteiger partial charge >= 0.3 is 5.97 Å². The number of aliphatic hydroxyl groups excluding tert-OH is 1. The van der Waals surface area contributed by atoms with E-state index in [0.717, 1.165) is 13.1 Å². The molecule has 1 aromatic carbocycles. The monoisotopic (exact) mass is 791 g/mol. The molecule has 4 fully saturated rings. The molecule has 8 rings (SSSR count). The lowest BCUT2D eigenvalue weighted by Crippen LogP contribution is -2.70. The van der Waals surface area contributed by atoms with Crippen molar-refractivity contribution in [3.05, 3.63) is 56.7 Å². The highest BCUT2D eigenvalue weighted by molar-refractivity contribution is 6.03. The number of nitrogens with zero attached hydrogens (tertiary/aromatic N) is 3. The number of allylic oxidation sites excluding steroid dienone is 4. The number of carbonyl (C=O) groups excluding carboxylic acids is 3. The van der Waals surface area contributed by atoms with Gasteiger partial charge in [0.1, 0.15) is 23.5 Å². The van der Waals surface area contributed by atoms with E-state index in [9.17, 15) is 29.4 Å². The van der Waals surface area contributed by atoms with E-state index in [1.807, 2.05) is 23.4 Å². The van der Waals surface area contributed by atoms with Crippen molar-refractivity contribution in [1.29, 1.82) is 0 Å². The molecule has 1 aromatic heterocycles. The number of esters is 1. The number of alkyl halides is 1. The van der Waals surface area contributed by atoms with E-state index < -0.39 is 74.6 Å². The Bertz CT molecular complexity index is 2260. The third kappa shape index (κ3) is 5.09. The Morgan fingerprint density at radius 3 is 2.40 bits per heavy atom. The fourth-order valence-corrected chi connectivity index (χ4v) is 12.2. The zero-order chi connectivity index (χ0) is 41.5. The summed E-state index contributed by atoms with van der Waals surface area (Å²) in [5.74, 6) is -4.45. The van der Waals surface area contributed by atoms with Crippen molar-refractivity contribution in [3.63, 3.8) is 0 Å². The van der Waals surface area contributed by atoms with E-state index >= 15 is 8.78 Å². The van der Waals surface area contributed by atoms with Gasteiger partial charge in [-0.2, -0.15) is 0 Å². The molecule has 308 valence electrons. The van der Waals surface area contributed by atoms with E-state index in [4.69, 9.17) is 9.47 Å². The number of halogens is 2. The molecule has 2 aromatic rings. The Morgan fingerprint density at radius 1 is 1.07 bits per heavy atom. The number of aryl methyl sites for hydroxylation is 1. The van der Waals surface area contributed by atoms with Crippen LogP contribution in [0, 0.1) is 48.2 Å². The Kier molecular flexibility index (Phi) is 8.94. The average Bonchev–Trinajstić information content (AvgIpc) is 3.34. The van der Waals surface area contributed by atoms with Gasteiger partial charge in [0.15, 0.2) is 28.6 Å². The van der Waals surface area contributed by atoms with Gasteiger partial charge in [-0.05, 0) is 98.3 Å². The molecule has 0 radical (unpaired) electrons. The van der Waals surface area contributed by atoms with Gasteiger partial charge in [0.05, 0.1) is 23.0 Å². The van der Waals surface area contributed by atoms with Gasteiger partial charge < -0.3 is 34.1 Å². The molecule has 57 heavy (non-hydrogen) atoms. The average molecular weight is 792 g/mol. The first-order valence-electron chi connectivity index (χ1n) is 20.3. The maximum absolute atomic E-state index is 17.8. The number of ketones is 2. The molecule has 3 saturated carbocycles. The number of Topliss-reactive ketones (excluding diaryl/α,β-unsaturated/α-hetero) is 1. The standard InChI is InChI=1S/C44H55F2N3O8/c1-22-18-29-28-11-10-26-19-27(50)12-13-41(26,7)43(28,46)30(51)20-42(29,8)44(22,55)39(54)40(5,6)57-38(53)32-25(4)49-23(2)21-56-37-34(49)31(36(32)52)24(3)33(45)35(37)48-16-14-47(9)15-17-48/h12-13,19,22-23,28-30,51,55H,10-11,14-18,20-21H2,1-9H3/t22-,23+,28+,29+,30+,41+,42+,43+,44+/m1/s1. The number of hydrogen-bond donors (Lipinski definition) is 2. The third-order valence-corrected chi connectivity index (χ3v) is 15.4. The van der Waals surface area contributed by atoms with Crippen LogP contribution in [0.1, 0.15) is 94.9 Å². The van der Waals surface area contributed by atoms with Crippen LogP contribution in [0.25, 0.3) is 10.9 Å². The zero-order valence-electron chi connectivity index (χ0n) is 34.4. The van der Waals surface area contributed by atoms with Crippen molar-refractivity contribution in [3.8, 4) is 5.75 Å². The number of aromatic nitrogens is 1. The summed E-state index contributed by atoms with van der Waals surface area (Å²) in [4.78, 5) is 60.1. The number of ether oxygens (including phenoxy) is 2. The molecule has 2 aliphatic heterocycles. The minimum absolute atomic E-state index is 0.00531. The van der Waals surface area contributed by atoms with Crippen molar-refractivity contribution >= 4 is 34.1 Å². The summed E-state index contributed by atoms with van der Waals surface area (Å²) < 4.78 is 48.2. The number of benzene rings is 1. The lowest BCUT2D eigenvalue weighted by Gasteiger charge is -2.62. The molecule has 1 saturated heterocycles. The van der Waals surface area contributed by atoms with Crippen molar-refractivity contribution in [2.75, 3.05) is 44.7 Å². The first kappa shape index (κ1) is 39.9. The molecule has 3 heterocycles. The van der Waals surface area contributed by atoms with Gasteiger partial charge in [-0.15, -0.1) is 0 Å². The van der Waals surface area contributed by atoms with E-state index in [0.29, 0.717) is 42.7 Å². The van der Waals surface area contributed by atoms with Crippen LogP contribution in [0.5, 0.6) is 5.75 Å². The second-order valence-corrected chi connectivity index (χ2v) is 18.8. The quantitative estimate of drug-likeness (QED) is 0.383. The lowest BCUT2D eigenvalue weighted by atomic mass is 9.44. The number of rotatable bonds is 5. The molecule has 11 nitrogen and oxygen atoms in total. The molecule has 13 heteroatoms. The molecule has 0 bridgehead atoms. The van der Waals surface area contributed by atoms with Crippen molar-refractivity contribution in [2.45, 2.75) is 110 Å². The van der Waals surface area contributed by atoms with Gasteiger partial charge in [0.25, 0.3) is 0 Å². The molecule has 0 spiro atoms. The van der Waals surface area contributed by atoms with E-state index in [1.54, 1.807) is 33.8 Å². The lowest BCUT2D eigenvalue weighted by molar-refractivity contribution is -0.223. The summed E-state index contributed by atoms with van der Waals surface area (Å²) in [5.41, 5.74) is -8.28. The van der Waals surface area contributed by atoms with E-state index in [1.165, 1.54) is 32.9 Å². The highest BCUT2D eigenvalue weighted by Crippen LogP contribution is 2.71. The van der Waals surface area contributed by atoms with E-state index in [2.05, 4.69) is 4.90 Å². The minimum atomic E-state index is -2.16. The summed E-state index contributed by atoms with van der Waals surface area (Å²) in [6.07, 6.45) is 3.56. The fraction of sp³-hybridized carbons (Fsp3) is 0.636. The SMILES string of the molecule is Cc1c(F)c(N2CCN(C)CC2)c2c3c1c(=O)c(C(=O)OC(C)(C)C(=O)[C@@]1(O)[C@H](C)C[C@H]4[C@@H]5CCC6=CC(=O)C=C[C@]6(C)[C@@]5(F)[C@@H](O)C[C@@]41C)c(C)n3[C@@H](C)CO2. The van der Waals surface area contributed by atoms with Gasteiger partial charge in [0, 0.05) is 54.2 Å². The Hall–Kier alpha value is -3.94. The Morgan fingerprint density at radius 2 is 1.74 bits per heavy atom. The van der Waals surface area contributed by atoms with Crippen LogP contribution in [0.15, 0.2) is 28.6 Å². The van der Waals surface area contributed by atoms with Crippen LogP contribution < -0.4 is 15.1 Å². The van der Waals surface area contributed by atoms with Crippen LogP contribution in [0.4, 0.5) is 14.5 Å². The summed E-state index contributed by atoms with van der Waals surface area (Å²) in [6, 6.07) is -0.345. The van der Waals surface area contributed by atoms with Gasteiger partial charge in [-0.3, -0.25) is 14.4 Å². The topological polar surface area (TPSA) is 139 Å². The maximum Gasteiger partial charge on any atom is 0.344 e. The van der Waals surface area contributed by atoms with Crippen LogP contribution in [0.3, 0.4) is 0 Å². The van der Waals surface area contributed by atoms with Gasteiger partial charge in [-0.25, -0.2) is 13.6 Å². The summed E-state index contributed by atoms with van der Waals surface area (Å²) in [5, 5.41) is 24.6. The molecule has 4 aliphatic carbocycles. The number of likely N-dealkylation sites (N-methyl/N-ethyl adjacent to an activating group) is 1. The number of carbonyl (C=O) groups is 3. The molecule has 0 unspecified atom stereocenters. The normalized spacial score (nSPS) is 36.3. The van der Waals surface area contributed by atoms with Crippen LogP contribution in [-0.2, 0) is 14.3 Å². The number of anilines is 1. The highest BCUT2D eigenvalue weighted by atomic mass is 19.1. The third-order valence-electron chi connectivity index (χ3n) is 15.4. The van der Waals surface area contributed by atoms with Crippen molar-refractivity contribution in [1.82, 2.24) is 9.47 Å². The summed E-state index contributed by atoms with van der Waals surface area (Å²) >= 11 is 0. The fourth-order valence-electron chi connectivity index (χ4n) is 12.2. The smallest absolute Gasteiger partial charge is 0.344 e. The zero-order valence-corrected chi connectivity index (χ0v) is 34.4. The predicted molar refractivity (Wildman–Crippen MR) is 210 cm³/mol. The second kappa shape index (κ2) is 12.8. The number of pyridine rings is 1. The Balaban J connectivity index is 1.15. The minimum Gasteiger partial charge on any atom is -0.487 e.